The molecule has 2 aliphatic heterocycles. The Labute approximate surface area is 143 Å². The van der Waals surface area contributed by atoms with Gasteiger partial charge in [-0.3, -0.25) is 9.48 Å². The first-order chi connectivity index (χ1) is 11.6. The van der Waals surface area contributed by atoms with Crippen molar-refractivity contribution >= 4 is 5.91 Å². The lowest BCUT2D eigenvalue weighted by molar-refractivity contribution is -0.111. The van der Waals surface area contributed by atoms with Gasteiger partial charge >= 0.3 is 0 Å². The number of rotatable bonds is 4. The summed E-state index contributed by atoms with van der Waals surface area (Å²) in [5.74, 6) is 0.760. The molecule has 0 bridgehead atoms. The fourth-order valence-electron chi connectivity index (χ4n) is 4.61. The molecule has 24 heavy (non-hydrogen) atoms. The van der Waals surface area contributed by atoms with Gasteiger partial charge < -0.3 is 9.64 Å². The second-order valence-electron chi connectivity index (χ2n) is 8.21. The monoisotopic (exact) mass is 332 g/mol. The van der Waals surface area contributed by atoms with Gasteiger partial charge in [0, 0.05) is 18.0 Å². The Morgan fingerprint density at radius 1 is 1.25 bits per heavy atom. The summed E-state index contributed by atoms with van der Waals surface area (Å²) in [7, 11) is 0. The maximum atomic E-state index is 12.9. The van der Waals surface area contributed by atoms with Gasteiger partial charge in [0.1, 0.15) is 0 Å². The molecule has 0 spiro atoms. The fraction of sp³-hybridized carbons (Fsp3) is 0.833. The van der Waals surface area contributed by atoms with Crippen LogP contribution in [0.4, 0.5) is 0 Å². The van der Waals surface area contributed by atoms with Gasteiger partial charge in [0.05, 0.1) is 26.0 Å². The third-order valence-corrected chi connectivity index (χ3v) is 5.96. The molecule has 1 unspecified atom stereocenters. The van der Waals surface area contributed by atoms with Crippen molar-refractivity contribution in [2.45, 2.75) is 64.5 Å². The lowest BCUT2D eigenvalue weighted by atomic mass is 9.83. The van der Waals surface area contributed by atoms with E-state index in [1.807, 2.05) is 6.20 Å². The van der Waals surface area contributed by atoms with E-state index in [9.17, 15) is 4.79 Å². The van der Waals surface area contributed by atoms with Gasteiger partial charge in [-0.2, -0.15) is 0 Å². The van der Waals surface area contributed by atoms with Gasteiger partial charge in [-0.05, 0) is 31.6 Å². The fourth-order valence-corrected chi connectivity index (χ4v) is 4.61. The molecule has 0 radical (unpaired) electrons. The first-order valence-electron chi connectivity index (χ1n) is 9.43. The highest BCUT2D eigenvalue weighted by molar-refractivity contribution is 5.92. The largest absolute Gasteiger partial charge is 0.380 e. The Morgan fingerprint density at radius 2 is 2.04 bits per heavy atom. The summed E-state index contributed by atoms with van der Waals surface area (Å²) >= 11 is 0. The van der Waals surface area contributed by atoms with Crippen molar-refractivity contribution in [3.63, 3.8) is 0 Å². The van der Waals surface area contributed by atoms with Crippen molar-refractivity contribution in [3.05, 3.63) is 11.9 Å². The molecule has 132 valence electrons. The average Bonchev–Trinajstić information content (AvgIpc) is 3.23. The van der Waals surface area contributed by atoms with Crippen molar-refractivity contribution in [1.82, 2.24) is 19.9 Å². The van der Waals surface area contributed by atoms with Crippen LogP contribution in [0.15, 0.2) is 6.20 Å². The molecule has 3 aliphatic rings. The summed E-state index contributed by atoms with van der Waals surface area (Å²) in [5.41, 5.74) is 0.633. The van der Waals surface area contributed by atoms with Crippen molar-refractivity contribution in [3.8, 4) is 0 Å². The number of likely N-dealkylation sites (tertiary alicyclic amines) is 1. The molecule has 3 heterocycles. The van der Waals surface area contributed by atoms with Crippen LogP contribution in [0.2, 0.25) is 0 Å². The third kappa shape index (κ3) is 3.08. The van der Waals surface area contributed by atoms with Gasteiger partial charge in [-0.15, -0.1) is 5.10 Å². The van der Waals surface area contributed by atoms with Gasteiger partial charge in [0.15, 0.2) is 5.69 Å². The lowest BCUT2D eigenvalue weighted by Gasteiger charge is -2.37. The molecule has 6 nitrogen and oxygen atoms in total. The predicted octanol–water partition coefficient (Wildman–Crippen LogP) is 2.50. The lowest BCUT2D eigenvalue weighted by Crippen LogP contribution is -2.43. The van der Waals surface area contributed by atoms with Crippen molar-refractivity contribution in [1.29, 1.82) is 0 Å². The Kier molecular flexibility index (Phi) is 4.33. The molecular weight excluding hydrogens is 304 g/mol. The van der Waals surface area contributed by atoms with E-state index in [-0.39, 0.29) is 11.3 Å². The second-order valence-corrected chi connectivity index (χ2v) is 8.21. The van der Waals surface area contributed by atoms with E-state index in [0.717, 1.165) is 39.1 Å². The van der Waals surface area contributed by atoms with Crippen molar-refractivity contribution < 1.29 is 9.53 Å². The Morgan fingerprint density at radius 3 is 2.75 bits per heavy atom. The van der Waals surface area contributed by atoms with Gasteiger partial charge in [-0.25, -0.2) is 0 Å². The van der Waals surface area contributed by atoms with E-state index in [2.05, 4.69) is 22.1 Å². The Hall–Kier alpha value is -1.43. The average molecular weight is 332 g/mol. The molecule has 6 heteroatoms. The van der Waals surface area contributed by atoms with Crippen LogP contribution >= 0.6 is 0 Å². The highest BCUT2D eigenvalue weighted by Gasteiger charge is 2.37. The number of carbonyl (C=O) groups is 1. The van der Waals surface area contributed by atoms with E-state index in [0.29, 0.717) is 17.7 Å². The molecule has 1 aliphatic carbocycles. The number of hydrogen-bond donors (Lipinski definition) is 0. The molecule has 1 aromatic heterocycles. The van der Waals surface area contributed by atoms with Crippen LogP contribution < -0.4 is 0 Å². The highest BCUT2D eigenvalue weighted by atomic mass is 16.5. The van der Waals surface area contributed by atoms with E-state index < -0.39 is 0 Å². The molecule has 0 N–H and O–H groups in total. The van der Waals surface area contributed by atoms with Crippen LogP contribution in [-0.4, -0.2) is 51.6 Å². The predicted molar refractivity (Wildman–Crippen MR) is 89.6 cm³/mol. The molecule has 3 fully saturated rings. The number of aromatic nitrogens is 3. The summed E-state index contributed by atoms with van der Waals surface area (Å²) in [5, 5.41) is 8.34. The van der Waals surface area contributed by atoms with Crippen LogP contribution in [0, 0.1) is 11.3 Å². The molecule has 1 saturated carbocycles. The molecule has 1 atom stereocenters. The third-order valence-electron chi connectivity index (χ3n) is 5.96. The molecule has 1 amide bonds. The topological polar surface area (TPSA) is 60.2 Å². The summed E-state index contributed by atoms with van der Waals surface area (Å²) in [6.07, 6.45) is 10.6. The quantitative estimate of drug-likeness (QED) is 0.850. The first kappa shape index (κ1) is 16.1. The zero-order valence-electron chi connectivity index (χ0n) is 14.6. The summed E-state index contributed by atoms with van der Waals surface area (Å²) in [4.78, 5) is 15.0. The number of ether oxygens (including phenoxy) is 1. The maximum absolute atomic E-state index is 12.9. The van der Waals surface area contributed by atoms with Crippen molar-refractivity contribution in [2.24, 2.45) is 11.3 Å². The smallest absolute Gasteiger partial charge is 0.276 e. The number of hydrogen-bond acceptors (Lipinski definition) is 4. The molecule has 4 rings (SSSR count). The van der Waals surface area contributed by atoms with E-state index in [1.165, 1.54) is 32.1 Å². The minimum Gasteiger partial charge on any atom is -0.380 e. The van der Waals surface area contributed by atoms with Crippen LogP contribution in [-0.2, 0) is 11.3 Å². The Balaban J connectivity index is 1.43. The number of amides is 1. The number of carbonyl (C=O) groups excluding carboxylic acids is 1. The first-order valence-corrected chi connectivity index (χ1v) is 9.43. The van der Waals surface area contributed by atoms with Crippen LogP contribution in [0.1, 0.15) is 62.4 Å². The summed E-state index contributed by atoms with van der Waals surface area (Å²) in [6.45, 7) is 5.33. The van der Waals surface area contributed by atoms with E-state index >= 15 is 0 Å². The van der Waals surface area contributed by atoms with Gasteiger partial charge in [0.2, 0.25) is 0 Å². The molecular formula is C18H28N4O2. The highest BCUT2D eigenvalue weighted by Crippen LogP contribution is 2.35. The minimum atomic E-state index is 0.0735. The second kappa shape index (κ2) is 6.47. The molecule has 2 saturated heterocycles. The standard InChI is InChI=1S/C18H28N4O2/c1-18(12-24-13-18)11-21-10-15(19-20-21)17(23)22-9-5-8-16(22)14-6-3-2-4-7-14/h10,14,16H,2-9,11-13H2,1H3. The molecule has 1 aromatic rings. The van der Waals surface area contributed by atoms with E-state index in [1.54, 1.807) is 4.68 Å². The maximum Gasteiger partial charge on any atom is 0.276 e. The van der Waals surface area contributed by atoms with Gasteiger partial charge in [-0.1, -0.05) is 31.4 Å². The van der Waals surface area contributed by atoms with Crippen molar-refractivity contribution in [2.75, 3.05) is 19.8 Å². The zero-order chi connectivity index (χ0) is 16.6. The Bertz CT molecular complexity index is 590. The normalized spacial score (nSPS) is 27.2. The molecule has 0 aromatic carbocycles. The van der Waals surface area contributed by atoms with Crippen LogP contribution in [0.5, 0.6) is 0 Å². The minimum absolute atomic E-state index is 0.0735. The van der Waals surface area contributed by atoms with Gasteiger partial charge in [0.25, 0.3) is 5.91 Å². The van der Waals surface area contributed by atoms with Crippen LogP contribution in [0.3, 0.4) is 0 Å². The summed E-state index contributed by atoms with van der Waals surface area (Å²) in [6, 6.07) is 0.417. The zero-order valence-corrected chi connectivity index (χ0v) is 14.6. The number of nitrogens with zero attached hydrogens (tertiary/aromatic N) is 4. The SMILES string of the molecule is CC1(Cn2cc(C(=O)N3CCCC3C3CCCCC3)nn2)COC1. The van der Waals surface area contributed by atoms with Crippen LogP contribution in [0.25, 0.3) is 0 Å². The van der Waals surface area contributed by atoms with E-state index in [4.69, 9.17) is 4.74 Å². The summed E-state index contributed by atoms with van der Waals surface area (Å²) < 4.78 is 7.10.